The van der Waals surface area contributed by atoms with Crippen LogP contribution in [0.15, 0.2) is 42.0 Å². The second kappa shape index (κ2) is 5.70. The summed E-state index contributed by atoms with van der Waals surface area (Å²) in [4.78, 5) is 0. The Kier molecular flexibility index (Phi) is 5.01. The largest absolute Gasteiger partial charge is 0.147 e. The second-order valence-corrected chi connectivity index (χ2v) is 5.53. The summed E-state index contributed by atoms with van der Waals surface area (Å²) in [5.74, 6) is 0. The Morgan fingerprint density at radius 3 is 2.47 bits per heavy atom. The van der Waals surface area contributed by atoms with E-state index >= 15 is 0 Å². The summed E-state index contributed by atoms with van der Waals surface area (Å²) in [5, 5.41) is 2.75. The van der Waals surface area contributed by atoms with Crippen molar-refractivity contribution in [2.24, 2.45) is 0 Å². The zero-order valence-corrected chi connectivity index (χ0v) is 13.5. The fourth-order valence-corrected chi connectivity index (χ4v) is 3.11. The molecule has 1 aliphatic carbocycles. The summed E-state index contributed by atoms with van der Waals surface area (Å²) >= 11 is 1.60. The summed E-state index contributed by atoms with van der Waals surface area (Å²) in [6, 6.07) is 13.2. The Bertz CT molecular complexity index is 575. The average molecular weight is 343 g/mol. The summed E-state index contributed by atoms with van der Waals surface area (Å²) < 4.78 is 0.678. The number of allylic oxidation sites excluding steroid dienone is 1. The first-order valence-electron chi connectivity index (χ1n) is 5.18. The van der Waals surface area contributed by atoms with Gasteiger partial charge in [0.25, 0.3) is 0 Å². The van der Waals surface area contributed by atoms with Gasteiger partial charge in [0.05, 0.1) is 0 Å². The molecule has 2 aromatic carbocycles. The third kappa shape index (κ3) is 2.38. The van der Waals surface area contributed by atoms with Gasteiger partial charge in [-0.2, -0.15) is 0 Å². The Hall–Kier alpha value is -0.0969. The van der Waals surface area contributed by atoms with Gasteiger partial charge in [-0.25, -0.2) is 0 Å². The van der Waals surface area contributed by atoms with Crippen molar-refractivity contribution in [1.29, 1.82) is 0 Å². The molecule has 0 aliphatic heterocycles. The maximum absolute atomic E-state index is 2.36. The van der Waals surface area contributed by atoms with Crippen LogP contribution in [0.1, 0.15) is 21.7 Å². The van der Waals surface area contributed by atoms with Crippen LogP contribution in [0.4, 0.5) is 0 Å². The zero-order valence-electron chi connectivity index (χ0n) is 9.44. The van der Waals surface area contributed by atoms with Crippen molar-refractivity contribution in [2.75, 3.05) is 0 Å². The zero-order chi connectivity index (χ0) is 10.4. The SMILES string of the molecule is CC1=Cc2c(ccc3ccccc23)[CH]1[Zr].Cl.Cl. The van der Waals surface area contributed by atoms with Gasteiger partial charge in [-0.1, -0.05) is 0 Å². The Balaban J connectivity index is 0.000000722. The van der Waals surface area contributed by atoms with E-state index in [0.717, 1.165) is 0 Å². The molecule has 0 heterocycles. The summed E-state index contributed by atoms with van der Waals surface area (Å²) in [7, 11) is 0. The molecule has 0 fully saturated rings. The van der Waals surface area contributed by atoms with Crippen LogP contribution in [0.25, 0.3) is 16.8 Å². The third-order valence-electron chi connectivity index (χ3n) is 3.14. The summed E-state index contributed by atoms with van der Waals surface area (Å²) in [6.07, 6.45) is 2.36. The Morgan fingerprint density at radius 1 is 1.00 bits per heavy atom. The van der Waals surface area contributed by atoms with Crippen molar-refractivity contribution < 1.29 is 24.7 Å². The molecule has 0 nitrogen and oxygen atoms in total. The van der Waals surface area contributed by atoms with Gasteiger partial charge in [0.1, 0.15) is 0 Å². The molecule has 2 aromatic rings. The van der Waals surface area contributed by atoms with Gasteiger partial charge in [-0.15, -0.1) is 24.8 Å². The van der Waals surface area contributed by atoms with E-state index in [4.69, 9.17) is 0 Å². The van der Waals surface area contributed by atoms with E-state index in [0.29, 0.717) is 3.63 Å². The van der Waals surface area contributed by atoms with Gasteiger partial charge in [-0.3, -0.25) is 0 Å². The molecule has 3 heteroatoms. The number of rotatable bonds is 0. The molecule has 0 spiro atoms. The van der Waals surface area contributed by atoms with Crippen LogP contribution in [0.2, 0.25) is 0 Å². The maximum Gasteiger partial charge on any atom is -0.147 e. The van der Waals surface area contributed by atoms with Crippen LogP contribution in [0.5, 0.6) is 0 Å². The van der Waals surface area contributed by atoms with Crippen molar-refractivity contribution in [1.82, 2.24) is 0 Å². The van der Waals surface area contributed by atoms with E-state index in [9.17, 15) is 0 Å². The van der Waals surface area contributed by atoms with E-state index in [1.807, 2.05) is 0 Å². The minimum absolute atomic E-state index is 0. The molecule has 0 N–H and O–H groups in total. The van der Waals surface area contributed by atoms with Gasteiger partial charge in [0, 0.05) is 0 Å². The monoisotopic (exact) mass is 341 g/mol. The van der Waals surface area contributed by atoms with Gasteiger partial charge in [0.2, 0.25) is 0 Å². The Morgan fingerprint density at radius 2 is 1.71 bits per heavy atom. The molecule has 0 saturated carbocycles. The van der Waals surface area contributed by atoms with Gasteiger partial charge >= 0.3 is 105 Å². The smallest absolute Gasteiger partial charge is 0.147 e. The number of benzene rings is 2. The normalized spacial score (nSPS) is 16.7. The molecule has 0 radical (unpaired) electrons. The molecule has 0 bridgehead atoms. The van der Waals surface area contributed by atoms with Crippen LogP contribution in [0.3, 0.4) is 0 Å². The first-order valence-corrected chi connectivity index (χ1v) is 6.60. The Labute approximate surface area is 129 Å². The summed E-state index contributed by atoms with van der Waals surface area (Å²) in [6.45, 7) is 2.24. The minimum atomic E-state index is 0. The molecule has 1 aliphatic rings. The number of fused-ring (bicyclic) bond motifs is 3. The second-order valence-electron chi connectivity index (χ2n) is 4.11. The summed E-state index contributed by atoms with van der Waals surface area (Å²) in [5.41, 5.74) is 4.48. The molecular formula is C14H13Cl2Zr. The van der Waals surface area contributed by atoms with Crippen molar-refractivity contribution in [3.05, 3.63) is 53.1 Å². The van der Waals surface area contributed by atoms with E-state index in [2.05, 4.69) is 49.4 Å². The predicted molar refractivity (Wildman–Crippen MR) is 74.8 cm³/mol. The molecule has 0 amide bonds. The minimum Gasteiger partial charge on any atom is -0.147 e. The van der Waals surface area contributed by atoms with Gasteiger partial charge < -0.3 is 0 Å². The average Bonchev–Trinajstić information content (AvgIpc) is 2.56. The molecule has 1 unspecified atom stereocenters. The van der Waals surface area contributed by atoms with Crippen LogP contribution in [-0.2, 0) is 24.7 Å². The van der Waals surface area contributed by atoms with E-state index in [1.54, 1.807) is 24.7 Å². The maximum atomic E-state index is 2.36. The number of hydrogen-bond donors (Lipinski definition) is 0. The van der Waals surface area contributed by atoms with Crippen molar-refractivity contribution in [3.63, 3.8) is 0 Å². The van der Waals surface area contributed by atoms with E-state index in [-0.39, 0.29) is 24.8 Å². The standard InChI is InChI=1S/C14H11.2ClH.Zr/c1-10-8-12-7-6-11-4-2-3-5-13(11)14(12)9-10;;;/h2-9H,1H3;2*1H;. The topological polar surface area (TPSA) is 0 Å². The van der Waals surface area contributed by atoms with E-state index < -0.39 is 0 Å². The van der Waals surface area contributed by atoms with Gasteiger partial charge in [0.15, 0.2) is 0 Å². The van der Waals surface area contributed by atoms with Crippen molar-refractivity contribution >= 4 is 41.7 Å². The molecule has 3 rings (SSSR count). The molecule has 87 valence electrons. The fraction of sp³-hybridized carbons (Fsp3) is 0.143. The van der Waals surface area contributed by atoms with Crippen molar-refractivity contribution in [3.8, 4) is 0 Å². The van der Waals surface area contributed by atoms with Crippen LogP contribution in [-0.4, -0.2) is 0 Å². The van der Waals surface area contributed by atoms with Crippen LogP contribution < -0.4 is 0 Å². The molecular weight excluding hydrogens is 330 g/mol. The molecule has 0 saturated heterocycles. The quantitative estimate of drug-likeness (QED) is 0.651. The van der Waals surface area contributed by atoms with Crippen LogP contribution in [0, 0.1) is 0 Å². The molecule has 17 heavy (non-hydrogen) atoms. The third-order valence-corrected chi connectivity index (χ3v) is 5.03. The first kappa shape index (κ1) is 15.0. The van der Waals surface area contributed by atoms with Crippen LogP contribution >= 0.6 is 24.8 Å². The van der Waals surface area contributed by atoms with Gasteiger partial charge in [-0.05, 0) is 0 Å². The number of hydrogen-bond acceptors (Lipinski definition) is 0. The molecule has 0 aromatic heterocycles. The predicted octanol–water partition coefficient (Wildman–Crippen LogP) is 4.69. The first-order chi connectivity index (χ1) is 7.27. The van der Waals surface area contributed by atoms with Crippen molar-refractivity contribution in [2.45, 2.75) is 10.5 Å². The fourth-order valence-electron chi connectivity index (χ4n) is 2.28. The number of halogens is 2. The molecule has 1 atom stereocenters. The van der Waals surface area contributed by atoms with E-state index in [1.165, 1.54) is 27.5 Å².